The summed E-state index contributed by atoms with van der Waals surface area (Å²) in [4.78, 5) is 25.7. The van der Waals surface area contributed by atoms with E-state index in [-0.39, 0.29) is 23.9 Å². The number of amides is 1. The average Bonchev–Trinajstić information content (AvgIpc) is 2.69. The van der Waals surface area contributed by atoms with Crippen LogP contribution >= 0.6 is 0 Å². The van der Waals surface area contributed by atoms with Crippen LogP contribution in [0.4, 0.5) is 0 Å². The summed E-state index contributed by atoms with van der Waals surface area (Å²) in [6.07, 6.45) is 0. The van der Waals surface area contributed by atoms with Crippen LogP contribution in [0, 0.1) is 13.8 Å². The van der Waals surface area contributed by atoms with E-state index in [0.29, 0.717) is 24.4 Å². The Balaban J connectivity index is 1.69. The van der Waals surface area contributed by atoms with Crippen molar-refractivity contribution < 1.29 is 22.7 Å². The molecule has 2 aromatic carbocycles. The summed E-state index contributed by atoms with van der Waals surface area (Å²) in [5.74, 6) is -0.374. The molecule has 7 nitrogen and oxygen atoms in total. The van der Waals surface area contributed by atoms with Gasteiger partial charge < -0.3 is 9.64 Å². The number of nitrogens with zero attached hydrogens (tertiary/aromatic N) is 2. The maximum atomic E-state index is 12.9. The summed E-state index contributed by atoms with van der Waals surface area (Å²) in [5, 5.41) is 0. The number of sulfonamides is 1. The molecule has 0 bridgehead atoms. The van der Waals surface area contributed by atoms with Crippen molar-refractivity contribution in [2.24, 2.45) is 0 Å². The highest BCUT2D eigenvalue weighted by Gasteiger charge is 2.30. The van der Waals surface area contributed by atoms with Gasteiger partial charge in [0.1, 0.15) is 5.75 Å². The van der Waals surface area contributed by atoms with Crippen molar-refractivity contribution in [2.75, 3.05) is 26.2 Å². The smallest absolute Gasteiger partial charge is 0.308 e. The predicted molar refractivity (Wildman–Crippen MR) is 108 cm³/mol. The summed E-state index contributed by atoms with van der Waals surface area (Å²) in [5.41, 5.74) is 2.36. The molecule has 0 radical (unpaired) electrons. The van der Waals surface area contributed by atoms with Crippen LogP contribution in [0.15, 0.2) is 47.4 Å². The molecule has 1 aliphatic rings. The molecule has 8 heteroatoms. The minimum Gasteiger partial charge on any atom is -0.427 e. The van der Waals surface area contributed by atoms with E-state index in [1.807, 2.05) is 13.8 Å². The molecule has 29 heavy (non-hydrogen) atoms. The van der Waals surface area contributed by atoms with Crippen LogP contribution in [-0.2, 0) is 14.8 Å². The first-order valence-corrected chi connectivity index (χ1v) is 10.8. The number of benzene rings is 2. The number of ether oxygens (including phenoxy) is 1. The quantitative estimate of drug-likeness (QED) is 0.564. The minimum atomic E-state index is -3.60. The third kappa shape index (κ3) is 4.65. The van der Waals surface area contributed by atoms with Crippen LogP contribution in [0.3, 0.4) is 0 Å². The standard InChI is InChI=1S/C21H24N2O5S/c1-15-7-8-20(13-16(15)2)29(26,27)23-11-9-22(10-12-23)21(25)18-5-4-6-19(14-18)28-17(3)24/h4-8,13-14H,9-12H2,1-3H3. The zero-order valence-corrected chi connectivity index (χ0v) is 17.5. The van der Waals surface area contributed by atoms with Gasteiger partial charge in [0.05, 0.1) is 4.90 Å². The molecule has 0 aliphatic carbocycles. The first-order valence-electron chi connectivity index (χ1n) is 9.33. The summed E-state index contributed by atoms with van der Waals surface area (Å²) in [6, 6.07) is 11.5. The molecular weight excluding hydrogens is 392 g/mol. The topological polar surface area (TPSA) is 84.0 Å². The Kier molecular flexibility index (Phi) is 6.04. The first kappa shape index (κ1) is 21.0. The predicted octanol–water partition coefficient (Wildman–Crippen LogP) is 2.38. The number of carbonyl (C=O) groups is 2. The molecule has 0 unspecified atom stereocenters. The van der Waals surface area contributed by atoms with Gasteiger partial charge in [0.2, 0.25) is 10.0 Å². The molecule has 3 rings (SSSR count). The van der Waals surface area contributed by atoms with Crippen molar-refractivity contribution in [3.63, 3.8) is 0 Å². The highest BCUT2D eigenvalue weighted by Crippen LogP contribution is 2.22. The van der Waals surface area contributed by atoms with Crippen LogP contribution in [-0.4, -0.2) is 55.7 Å². The third-order valence-electron chi connectivity index (χ3n) is 4.98. The van der Waals surface area contributed by atoms with Gasteiger partial charge in [-0.3, -0.25) is 9.59 Å². The highest BCUT2D eigenvalue weighted by molar-refractivity contribution is 7.89. The van der Waals surface area contributed by atoms with Gasteiger partial charge >= 0.3 is 5.97 Å². The SMILES string of the molecule is CC(=O)Oc1cccc(C(=O)N2CCN(S(=O)(=O)c3ccc(C)c(C)c3)CC2)c1. The number of piperazine rings is 1. The summed E-state index contributed by atoms with van der Waals surface area (Å²) in [7, 11) is -3.60. The van der Waals surface area contributed by atoms with Crippen LogP contribution in [0.1, 0.15) is 28.4 Å². The van der Waals surface area contributed by atoms with Crippen molar-refractivity contribution in [3.05, 3.63) is 59.2 Å². The Morgan fingerprint density at radius 3 is 2.24 bits per heavy atom. The zero-order chi connectivity index (χ0) is 21.2. The monoisotopic (exact) mass is 416 g/mol. The highest BCUT2D eigenvalue weighted by atomic mass is 32.2. The Bertz CT molecular complexity index is 1040. The molecule has 0 saturated carbocycles. The van der Waals surface area contributed by atoms with E-state index in [9.17, 15) is 18.0 Å². The molecular formula is C21H24N2O5S. The van der Waals surface area contributed by atoms with Gasteiger partial charge in [0.15, 0.2) is 0 Å². The molecule has 0 N–H and O–H groups in total. The van der Waals surface area contributed by atoms with Crippen LogP contribution in [0.25, 0.3) is 0 Å². The minimum absolute atomic E-state index is 0.220. The Morgan fingerprint density at radius 1 is 0.931 bits per heavy atom. The van der Waals surface area contributed by atoms with Crippen molar-refractivity contribution in [1.82, 2.24) is 9.21 Å². The number of hydrogen-bond acceptors (Lipinski definition) is 5. The number of carbonyl (C=O) groups excluding carboxylic acids is 2. The fourth-order valence-corrected chi connectivity index (χ4v) is 4.70. The largest absolute Gasteiger partial charge is 0.427 e. The maximum Gasteiger partial charge on any atom is 0.308 e. The fourth-order valence-electron chi connectivity index (χ4n) is 3.20. The van der Waals surface area contributed by atoms with E-state index in [4.69, 9.17) is 4.74 Å². The van der Waals surface area contributed by atoms with Gasteiger partial charge in [-0.2, -0.15) is 4.31 Å². The number of aryl methyl sites for hydroxylation is 2. The Morgan fingerprint density at radius 2 is 1.62 bits per heavy atom. The molecule has 1 saturated heterocycles. The van der Waals surface area contributed by atoms with Crippen molar-refractivity contribution >= 4 is 21.9 Å². The van der Waals surface area contributed by atoms with Gasteiger partial charge in [-0.25, -0.2) is 8.42 Å². The second-order valence-corrected chi connectivity index (χ2v) is 9.00. The van der Waals surface area contributed by atoms with Crippen molar-refractivity contribution in [3.8, 4) is 5.75 Å². The van der Waals surface area contributed by atoms with Crippen LogP contribution in [0.5, 0.6) is 5.75 Å². The second-order valence-electron chi connectivity index (χ2n) is 7.06. The maximum absolute atomic E-state index is 12.9. The van der Waals surface area contributed by atoms with Gasteiger partial charge in [-0.1, -0.05) is 12.1 Å². The molecule has 1 amide bonds. The van der Waals surface area contributed by atoms with Gasteiger partial charge in [-0.05, 0) is 55.3 Å². The van der Waals surface area contributed by atoms with Gasteiger partial charge in [0, 0.05) is 38.7 Å². The van der Waals surface area contributed by atoms with Gasteiger partial charge in [0.25, 0.3) is 5.91 Å². The molecule has 0 aromatic heterocycles. The number of esters is 1. The van der Waals surface area contributed by atoms with Crippen LogP contribution < -0.4 is 4.74 Å². The Labute approximate surface area is 170 Å². The third-order valence-corrected chi connectivity index (χ3v) is 6.88. The lowest BCUT2D eigenvalue weighted by Gasteiger charge is -2.34. The summed E-state index contributed by atoms with van der Waals surface area (Å²) in [6.45, 7) is 6.15. The summed E-state index contributed by atoms with van der Waals surface area (Å²) < 4.78 is 32.3. The molecule has 0 spiro atoms. The van der Waals surface area contributed by atoms with E-state index in [1.165, 1.54) is 17.3 Å². The van der Waals surface area contributed by atoms with Crippen LogP contribution in [0.2, 0.25) is 0 Å². The lowest BCUT2D eigenvalue weighted by atomic mass is 10.1. The molecule has 1 fully saturated rings. The van der Waals surface area contributed by atoms with Crippen molar-refractivity contribution in [2.45, 2.75) is 25.7 Å². The molecule has 1 aliphatic heterocycles. The van der Waals surface area contributed by atoms with Crippen molar-refractivity contribution in [1.29, 1.82) is 0 Å². The molecule has 154 valence electrons. The van der Waals surface area contributed by atoms with E-state index < -0.39 is 16.0 Å². The van der Waals surface area contributed by atoms with Gasteiger partial charge in [-0.15, -0.1) is 0 Å². The normalized spacial score (nSPS) is 15.2. The summed E-state index contributed by atoms with van der Waals surface area (Å²) >= 11 is 0. The first-order chi connectivity index (χ1) is 13.7. The average molecular weight is 416 g/mol. The number of hydrogen-bond donors (Lipinski definition) is 0. The lowest BCUT2D eigenvalue weighted by Crippen LogP contribution is -2.50. The van der Waals surface area contributed by atoms with E-state index in [2.05, 4.69) is 0 Å². The lowest BCUT2D eigenvalue weighted by molar-refractivity contribution is -0.131. The second kappa shape index (κ2) is 8.34. The molecule has 0 atom stereocenters. The zero-order valence-electron chi connectivity index (χ0n) is 16.7. The van der Waals surface area contributed by atoms with E-state index >= 15 is 0 Å². The fraction of sp³-hybridized carbons (Fsp3) is 0.333. The van der Waals surface area contributed by atoms with E-state index in [1.54, 1.807) is 41.3 Å². The molecule has 1 heterocycles. The Hall–Kier alpha value is -2.71. The number of rotatable bonds is 4. The van der Waals surface area contributed by atoms with E-state index in [0.717, 1.165) is 11.1 Å². The molecule has 2 aromatic rings.